The van der Waals surface area contributed by atoms with Gasteiger partial charge < -0.3 is 15.2 Å². The number of ether oxygens (including phenoxy) is 1. The number of benzene rings is 3. The minimum atomic E-state index is -0.849. The second-order valence-corrected chi connectivity index (χ2v) is 7.34. The van der Waals surface area contributed by atoms with Gasteiger partial charge in [0.1, 0.15) is 5.82 Å². The van der Waals surface area contributed by atoms with E-state index in [0.717, 1.165) is 11.3 Å². The molecule has 1 atom stereocenters. The molecule has 7 heteroatoms. The van der Waals surface area contributed by atoms with Crippen molar-refractivity contribution in [2.45, 2.75) is 12.6 Å². The largest absolute Gasteiger partial charge is 0.465 e. The number of carbonyl (C=O) groups excluding carboxylic acids is 1. The number of esters is 1. The molecule has 4 rings (SSSR count). The lowest BCUT2D eigenvalue weighted by Crippen LogP contribution is -2.32. The number of carbonyl (C=O) groups is 1. The molecule has 162 valence electrons. The normalized spacial score (nSPS) is 11.8. The van der Waals surface area contributed by atoms with E-state index in [1.165, 1.54) is 11.7 Å². The van der Waals surface area contributed by atoms with Crippen molar-refractivity contribution in [3.8, 4) is 11.4 Å². The van der Waals surface area contributed by atoms with Crippen molar-refractivity contribution in [1.82, 2.24) is 9.55 Å². The summed E-state index contributed by atoms with van der Waals surface area (Å²) in [5, 5.41) is 14.3. The minimum absolute atomic E-state index is 0.0775. The first kappa shape index (κ1) is 21.3. The monoisotopic (exact) mass is 429 g/mol. The average Bonchev–Trinajstić information content (AvgIpc) is 2.84. The summed E-state index contributed by atoms with van der Waals surface area (Å²) < 4.78 is 6.21. The molecule has 0 aliphatic rings. The zero-order valence-electron chi connectivity index (χ0n) is 17.6. The fraction of sp³-hybridized carbons (Fsp3) is 0.160. The number of hydrogen-bond acceptors (Lipinski definition) is 6. The van der Waals surface area contributed by atoms with Crippen LogP contribution in [0.4, 0.5) is 5.69 Å². The van der Waals surface area contributed by atoms with E-state index < -0.39 is 12.1 Å². The van der Waals surface area contributed by atoms with Crippen molar-refractivity contribution < 1.29 is 14.6 Å². The molecule has 0 bridgehead atoms. The van der Waals surface area contributed by atoms with Crippen LogP contribution in [0.25, 0.3) is 22.3 Å². The molecule has 0 aliphatic heterocycles. The fourth-order valence-corrected chi connectivity index (χ4v) is 3.50. The summed E-state index contributed by atoms with van der Waals surface area (Å²) in [7, 11) is 1.33. The Bertz CT molecular complexity index is 1280. The van der Waals surface area contributed by atoms with Gasteiger partial charge in [0.05, 0.1) is 36.2 Å². The number of anilines is 1. The summed E-state index contributed by atoms with van der Waals surface area (Å²) in [5.41, 5.74) is 2.40. The van der Waals surface area contributed by atoms with Gasteiger partial charge in [0.2, 0.25) is 0 Å². The third-order valence-corrected chi connectivity index (χ3v) is 5.13. The van der Waals surface area contributed by atoms with E-state index in [1.54, 1.807) is 36.4 Å². The van der Waals surface area contributed by atoms with Crippen LogP contribution in [0.15, 0.2) is 83.7 Å². The Kier molecular flexibility index (Phi) is 6.28. The van der Waals surface area contributed by atoms with Crippen molar-refractivity contribution in [2.75, 3.05) is 19.0 Å². The quantitative estimate of drug-likeness (QED) is 0.438. The number of hydrogen-bond donors (Lipinski definition) is 2. The van der Waals surface area contributed by atoms with E-state index in [2.05, 4.69) is 5.32 Å². The zero-order valence-corrected chi connectivity index (χ0v) is 17.6. The van der Waals surface area contributed by atoms with Crippen molar-refractivity contribution in [3.05, 3.63) is 94.8 Å². The second-order valence-electron chi connectivity index (χ2n) is 7.34. The Labute approximate surface area is 184 Å². The number of methoxy groups -OCH3 is 1. The van der Waals surface area contributed by atoms with Crippen molar-refractivity contribution in [1.29, 1.82) is 0 Å². The molecular formula is C25H23N3O4. The SMILES string of the molecule is COC(=O)c1ccc(NCC(O)Cn2c(-c3ccccc3)nc3ccccc3c2=O)cc1. The van der Waals surface area contributed by atoms with Crippen LogP contribution in [0.1, 0.15) is 10.4 Å². The molecule has 2 N–H and O–H groups in total. The third kappa shape index (κ3) is 4.53. The highest BCUT2D eigenvalue weighted by Gasteiger charge is 2.16. The summed E-state index contributed by atoms with van der Waals surface area (Å²) in [6, 6.07) is 23.4. The predicted molar refractivity (Wildman–Crippen MR) is 124 cm³/mol. The predicted octanol–water partition coefficient (Wildman–Crippen LogP) is 3.32. The van der Waals surface area contributed by atoms with Gasteiger partial charge in [0, 0.05) is 17.8 Å². The number of aromatic nitrogens is 2. The van der Waals surface area contributed by atoms with Crippen LogP contribution in [0.5, 0.6) is 0 Å². The molecule has 0 fully saturated rings. The molecule has 1 aromatic heterocycles. The van der Waals surface area contributed by atoms with E-state index in [0.29, 0.717) is 22.3 Å². The lowest BCUT2D eigenvalue weighted by atomic mass is 10.1. The van der Waals surface area contributed by atoms with Gasteiger partial charge in [-0.3, -0.25) is 9.36 Å². The van der Waals surface area contributed by atoms with Crippen LogP contribution in [-0.2, 0) is 11.3 Å². The van der Waals surface area contributed by atoms with E-state index in [4.69, 9.17) is 9.72 Å². The van der Waals surface area contributed by atoms with Gasteiger partial charge >= 0.3 is 5.97 Å². The number of nitrogens with one attached hydrogen (secondary N) is 1. The number of fused-ring (bicyclic) bond motifs is 1. The molecule has 3 aromatic carbocycles. The van der Waals surface area contributed by atoms with Crippen LogP contribution in [0.3, 0.4) is 0 Å². The summed E-state index contributed by atoms with van der Waals surface area (Å²) in [6.07, 6.45) is -0.849. The summed E-state index contributed by atoms with van der Waals surface area (Å²) in [4.78, 5) is 29.5. The van der Waals surface area contributed by atoms with Gasteiger partial charge in [-0.05, 0) is 36.4 Å². The van der Waals surface area contributed by atoms with E-state index in [9.17, 15) is 14.7 Å². The first-order valence-corrected chi connectivity index (χ1v) is 10.2. The summed E-state index contributed by atoms with van der Waals surface area (Å²) in [5.74, 6) is 0.101. The number of aliphatic hydroxyl groups is 1. The number of rotatable bonds is 7. The maximum absolute atomic E-state index is 13.2. The first-order valence-electron chi connectivity index (χ1n) is 10.2. The highest BCUT2D eigenvalue weighted by atomic mass is 16.5. The Morgan fingerprint density at radius 3 is 2.44 bits per heavy atom. The number of nitrogens with zero attached hydrogens (tertiary/aromatic N) is 2. The molecular weight excluding hydrogens is 406 g/mol. The van der Waals surface area contributed by atoms with E-state index in [1.807, 2.05) is 42.5 Å². The van der Waals surface area contributed by atoms with Gasteiger partial charge in [-0.2, -0.15) is 0 Å². The molecule has 4 aromatic rings. The molecule has 0 spiro atoms. The zero-order chi connectivity index (χ0) is 22.5. The van der Waals surface area contributed by atoms with Gasteiger partial charge in [-0.15, -0.1) is 0 Å². The third-order valence-electron chi connectivity index (χ3n) is 5.13. The van der Waals surface area contributed by atoms with Crippen molar-refractivity contribution >= 4 is 22.6 Å². The molecule has 0 aliphatic carbocycles. The topological polar surface area (TPSA) is 93.4 Å². The first-order chi connectivity index (χ1) is 15.6. The Morgan fingerprint density at radius 1 is 1.03 bits per heavy atom. The smallest absolute Gasteiger partial charge is 0.337 e. The molecule has 1 unspecified atom stereocenters. The Balaban J connectivity index is 1.57. The Hall–Kier alpha value is -3.97. The van der Waals surface area contributed by atoms with Crippen LogP contribution in [-0.4, -0.2) is 40.4 Å². The molecule has 0 radical (unpaired) electrons. The highest BCUT2D eigenvalue weighted by Crippen LogP contribution is 2.19. The van der Waals surface area contributed by atoms with Crippen LogP contribution < -0.4 is 10.9 Å². The molecule has 32 heavy (non-hydrogen) atoms. The molecule has 0 saturated heterocycles. The van der Waals surface area contributed by atoms with Crippen LogP contribution in [0.2, 0.25) is 0 Å². The minimum Gasteiger partial charge on any atom is -0.465 e. The Morgan fingerprint density at radius 2 is 1.72 bits per heavy atom. The average molecular weight is 429 g/mol. The molecule has 7 nitrogen and oxygen atoms in total. The van der Waals surface area contributed by atoms with Crippen molar-refractivity contribution in [2.24, 2.45) is 0 Å². The van der Waals surface area contributed by atoms with E-state index in [-0.39, 0.29) is 18.6 Å². The van der Waals surface area contributed by atoms with Gasteiger partial charge in [0.25, 0.3) is 5.56 Å². The maximum atomic E-state index is 13.2. The summed E-state index contributed by atoms with van der Waals surface area (Å²) >= 11 is 0. The molecule has 0 saturated carbocycles. The van der Waals surface area contributed by atoms with Gasteiger partial charge in [-0.1, -0.05) is 42.5 Å². The van der Waals surface area contributed by atoms with Crippen molar-refractivity contribution in [3.63, 3.8) is 0 Å². The standard InChI is InChI=1S/C25H23N3O4/c1-32-25(31)18-11-13-19(14-12-18)26-15-20(29)16-28-23(17-7-3-2-4-8-17)27-22-10-6-5-9-21(22)24(28)30/h2-14,20,26,29H,15-16H2,1H3. The number of para-hydroxylation sites is 1. The number of aliphatic hydroxyl groups excluding tert-OH is 1. The highest BCUT2D eigenvalue weighted by molar-refractivity contribution is 5.89. The lowest BCUT2D eigenvalue weighted by Gasteiger charge is -2.18. The summed E-state index contributed by atoms with van der Waals surface area (Å²) in [6.45, 7) is 0.291. The van der Waals surface area contributed by atoms with Gasteiger partial charge in [-0.25, -0.2) is 9.78 Å². The molecule has 0 amide bonds. The fourth-order valence-electron chi connectivity index (χ4n) is 3.50. The second kappa shape index (κ2) is 9.45. The van der Waals surface area contributed by atoms with Crippen LogP contribution >= 0.6 is 0 Å². The van der Waals surface area contributed by atoms with Gasteiger partial charge in [0.15, 0.2) is 0 Å². The van der Waals surface area contributed by atoms with Crippen LogP contribution in [0, 0.1) is 0 Å². The van der Waals surface area contributed by atoms with E-state index >= 15 is 0 Å². The lowest BCUT2D eigenvalue weighted by molar-refractivity contribution is 0.0600. The maximum Gasteiger partial charge on any atom is 0.337 e. The molecule has 1 heterocycles.